The third kappa shape index (κ3) is 1.16. The minimum atomic E-state index is 0.402. The maximum atomic E-state index is 5.35. The molecule has 1 N–H and O–H groups in total. The van der Waals surface area contributed by atoms with E-state index in [1.165, 1.54) is 0 Å². The first-order chi connectivity index (χ1) is 3.39. The predicted octanol–water partition coefficient (Wildman–Crippen LogP) is 1.20. The fraction of sp³-hybridized carbons (Fsp3) is 0. The van der Waals surface area contributed by atoms with Crippen LogP contribution < -0.4 is 5.43 Å². The van der Waals surface area contributed by atoms with E-state index < -0.39 is 0 Å². The Hall–Kier alpha value is -0.570. The highest BCUT2D eigenvalue weighted by molar-refractivity contribution is 6.28. The first kappa shape index (κ1) is 4.59. The maximum Gasteiger partial charge on any atom is 0.220 e. The molecule has 4 heteroatoms. The topological polar surface area (TPSA) is 36.8 Å². The average molecular weight is 117 g/mol. The molecule has 1 aliphatic heterocycles. The standard InChI is InChI=1S/C3H3ClN3/c4-3-1-2-5-7-6-3/h1-2H,(H,5,6). The van der Waals surface area contributed by atoms with Gasteiger partial charge in [-0.25, -0.2) is 0 Å². The maximum absolute atomic E-state index is 5.35. The highest BCUT2D eigenvalue weighted by Crippen LogP contribution is 2.11. The van der Waals surface area contributed by atoms with E-state index in [9.17, 15) is 0 Å². The van der Waals surface area contributed by atoms with Crippen LogP contribution in [0.15, 0.2) is 22.6 Å². The molecule has 0 saturated heterocycles. The number of rotatable bonds is 0. The lowest BCUT2D eigenvalue weighted by Crippen LogP contribution is -1.96. The van der Waals surface area contributed by atoms with E-state index in [1.807, 2.05) is 0 Å². The lowest BCUT2D eigenvalue weighted by atomic mass is 10.6. The second kappa shape index (κ2) is 1.93. The Labute approximate surface area is 46.0 Å². The number of hydrogen-bond donors (Lipinski definition) is 1. The van der Waals surface area contributed by atoms with Crippen LogP contribution >= 0.6 is 11.6 Å². The highest BCUT2D eigenvalue weighted by Gasteiger charge is 1.97. The van der Waals surface area contributed by atoms with Crippen LogP contribution in [0.1, 0.15) is 0 Å². The van der Waals surface area contributed by atoms with Crippen LogP contribution in [0.5, 0.6) is 0 Å². The first-order valence-electron chi connectivity index (χ1n) is 1.75. The molecule has 0 aliphatic carbocycles. The molecule has 0 amide bonds. The van der Waals surface area contributed by atoms with Gasteiger partial charge in [-0.3, -0.25) is 5.43 Å². The van der Waals surface area contributed by atoms with E-state index in [-0.39, 0.29) is 0 Å². The summed E-state index contributed by atoms with van der Waals surface area (Å²) in [6.07, 6.45) is 3.23. The van der Waals surface area contributed by atoms with Crippen LogP contribution in [0.2, 0.25) is 0 Å². The Morgan fingerprint density at radius 2 is 2.57 bits per heavy atom. The molecule has 0 aromatic carbocycles. The molecular formula is C3H3ClN3. The molecule has 0 saturated carbocycles. The van der Waals surface area contributed by atoms with E-state index >= 15 is 0 Å². The molecule has 0 aromatic heterocycles. The Balaban J connectivity index is 2.49. The fourth-order valence-electron chi connectivity index (χ4n) is 0.249. The second-order valence-electron chi connectivity index (χ2n) is 0.985. The van der Waals surface area contributed by atoms with Gasteiger partial charge in [0.25, 0.3) is 0 Å². The zero-order chi connectivity index (χ0) is 5.11. The summed E-state index contributed by atoms with van der Waals surface area (Å²) >= 11 is 5.35. The van der Waals surface area contributed by atoms with E-state index in [1.54, 1.807) is 12.3 Å². The van der Waals surface area contributed by atoms with E-state index in [0.717, 1.165) is 0 Å². The first-order valence-corrected chi connectivity index (χ1v) is 2.12. The van der Waals surface area contributed by atoms with E-state index in [2.05, 4.69) is 15.8 Å². The number of nitrogens with zero attached hydrogens (tertiary/aromatic N) is 2. The Kier molecular flexibility index (Phi) is 1.26. The molecule has 0 unspecified atom stereocenters. The molecule has 37 valence electrons. The van der Waals surface area contributed by atoms with Crippen molar-refractivity contribution in [2.24, 2.45) is 10.3 Å². The van der Waals surface area contributed by atoms with Crippen molar-refractivity contribution in [1.82, 2.24) is 5.43 Å². The van der Waals surface area contributed by atoms with Crippen molar-refractivity contribution in [2.45, 2.75) is 0 Å². The van der Waals surface area contributed by atoms with Crippen LogP contribution in [0.4, 0.5) is 0 Å². The molecule has 3 nitrogen and oxygen atoms in total. The Bertz CT molecular complexity index is 96.7. The van der Waals surface area contributed by atoms with Crippen molar-refractivity contribution in [1.29, 1.82) is 0 Å². The lowest BCUT2D eigenvalue weighted by molar-refractivity contribution is 0.820. The SMILES string of the molecule is Cl[C]1C=CNN=N1. The van der Waals surface area contributed by atoms with Crippen LogP contribution in [0.25, 0.3) is 0 Å². The predicted molar refractivity (Wildman–Crippen MR) is 26.2 cm³/mol. The quantitative estimate of drug-likeness (QED) is 0.475. The third-order valence-corrected chi connectivity index (χ3v) is 0.700. The summed E-state index contributed by atoms with van der Waals surface area (Å²) in [7, 11) is 0. The molecule has 0 atom stereocenters. The van der Waals surface area contributed by atoms with E-state index in [4.69, 9.17) is 11.6 Å². The van der Waals surface area contributed by atoms with E-state index in [0.29, 0.717) is 5.50 Å². The monoisotopic (exact) mass is 116 g/mol. The molecule has 1 aliphatic rings. The number of halogens is 1. The van der Waals surface area contributed by atoms with Crippen molar-refractivity contribution >= 4 is 11.6 Å². The van der Waals surface area contributed by atoms with Gasteiger partial charge in [0, 0.05) is 6.20 Å². The van der Waals surface area contributed by atoms with Crippen molar-refractivity contribution < 1.29 is 0 Å². The molecule has 1 heterocycles. The lowest BCUT2D eigenvalue weighted by Gasteiger charge is -1.96. The summed E-state index contributed by atoms with van der Waals surface area (Å²) in [5, 5.41) is 6.82. The van der Waals surface area contributed by atoms with Crippen LogP contribution in [0.3, 0.4) is 0 Å². The summed E-state index contributed by atoms with van der Waals surface area (Å²) in [4.78, 5) is 0. The van der Waals surface area contributed by atoms with Gasteiger partial charge >= 0.3 is 0 Å². The third-order valence-electron chi connectivity index (χ3n) is 0.499. The van der Waals surface area contributed by atoms with Crippen LogP contribution in [0, 0.1) is 5.50 Å². The highest BCUT2D eigenvalue weighted by atomic mass is 35.5. The summed E-state index contributed by atoms with van der Waals surface area (Å²) in [6, 6.07) is 0. The minimum Gasteiger partial charge on any atom is -0.268 e. The summed E-state index contributed by atoms with van der Waals surface area (Å²) in [5.74, 6) is 0. The van der Waals surface area contributed by atoms with Crippen molar-refractivity contribution in [2.75, 3.05) is 0 Å². The number of nitrogens with one attached hydrogen (secondary N) is 1. The smallest absolute Gasteiger partial charge is 0.220 e. The van der Waals surface area contributed by atoms with Crippen LogP contribution in [-0.4, -0.2) is 0 Å². The molecule has 0 fully saturated rings. The van der Waals surface area contributed by atoms with Gasteiger partial charge in [0.05, 0.1) is 0 Å². The molecule has 0 aromatic rings. The summed E-state index contributed by atoms with van der Waals surface area (Å²) in [6.45, 7) is 0. The summed E-state index contributed by atoms with van der Waals surface area (Å²) in [5.41, 5.74) is 2.89. The Morgan fingerprint density at radius 3 is 2.86 bits per heavy atom. The molecule has 7 heavy (non-hydrogen) atoms. The van der Waals surface area contributed by atoms with Crippen LogP contribution in [-0.2, 0) is 0 Å². The van der Waals surface area contributed by atoms with Crippen molar-refractivity contribution in [3.8, 4) is 0 Å². The van der Waals surface area contributed by atoms with Gasteiger partial charge in [-0.2, -0.15) is 0 Å². The largest absolute Gasteiger partial charge is 0.268 e. The molecule has 0 bridgehead atoms. The van der Waals surface area contributed by atoms with Gasteiger partial charge in [0.1, 0.15) is 0 Å². The zero-order valence-electron chi connectivity index (χ0n) is 3.43. The van der Waals surface area contributed by atoms with Gasteiger partial charge in [-0.1, -0.05) is 16.8 Å². The zero-order valence-corrected chi connectivity index (χ0v) is 4.18. The van der Waals surface area contributed by atoms with Crippen molar-refractivity contribution in [3.05, 3.63) is 17.8 Å². The molecule has 1 radical (unpaired) electrons. The molecule has 1 rings (SSSR count). The van der Waals surface area contributed by atoms with Gasteiger partial charge in [0.15, 0.2) is 0 Å². The average Bonchev–Trinajstić information content (AvgIpc) is 1.69. The van der Waals surface area contributed by atoms with Gasteiger partial charge in [-0.05, 0) is 6.08 Å². The number of hydrogen-bond acceptors (Lipinski definition) is 3. The normalized spacial score (nSPS) is 19.6. The summed E-state index contributed by atoms with van der Waals surface area (Å²) < 4.78 is 0. The van der Waals surface area contributed by atoms with Crippen molar-refractivity contribution in [3.63, 3.8) is 0 Å². The Morgan fingerprint density at radius 1 is 1.71 bits per heavy atom. The molecule has 0 spiro atoms. The van der Waals surface area contributed by atoms with Gasteiger partial charge < -0.3 is 0 Å². The van der Waals surface area contributed by atoms with Gasteiger partial charge in [0.2, 0.25) is 5.50 Å². The van der Waals surface area contributed by atoms with Gasteiger partial charge in [-0.15, -0.1) is 5.11 Å². The minimum absolute atomic E-state index is 0.402. The second-order valence-corrected chi connectivity index (χ2v) is 1.37. The fourth-order valence-corrected chi connectivity index (χ4v) is 0.350. The molecular weight excluding hydrogens is 114 g/mol.